The van der Waals surface area contributed by atoms with Gasteiger partial charge in [-0.2, -0.15) is 0 Å². The number of carbonyl (C=O) groups is 3. The van der Waals surface area contributed by atoms with Crippen LogP contribution in [0.4, 0.5) is 0 Å². The highest BCUT2D eigenvalue weighted by Gasteiger charge is 2.19. The molecule has 71 heavy (non-hydrogen) atoms. The summed E-state index contributed by atoms with van der Waals surface area (Å²) in [4.78, 5) is 38.2. The van der Waals surface area contributed by atoms with E-state index in [9.17, 15) is 14.4 Å². The lowest BCUT2D eigenvalue weighted by molar-refractivity contribution is -0.167. The van der Waals surface area contributed by atoms with E-state index in [-0.39, 0.29) is 37.5 Å². The van der Waals surface area contributed by atoms with Crippen molar-refractivity contribution in [3.8, 4) is 0 Å². The van der Waals surface area contributed by atoms with Crippen LogP contribution in [-0.4, -0.2) is 37.2 Å². The molecular formula is C65H102O6. The fourth-order valence-electron chi connectivity index (χ4n) is 7.30. The van der Waals surface area contributed by atoms with Gasteiger partial charge in [-0.1, -0.05) is 263 Å². The number of rotatable bonds is 49. The minimum absolute atomic E-state index is 0.118. The molecule has 0 fully saturated rings. The Hall–Kier alpha value is -4.71. The third kappa shape index (κ3) is 56.1. The molecule has 0 heterocycles. The number of esters is 3. The molecule has 398 valence electrons. The molecule has 0 radical (unpaired) electrons. The predicted molar refractivity (Wildman–Crippen MR) is 306 cm³/mol. The summed E-state index contributed by atoms with van der Waals surface area (Å²) in [6.07, 6.45) is 82.5. The number of hydrogen-bond donors (Lipinski definition) is 0. The molecule has 0 aliphatic carbocycles. The van der Waals surface area contributed by atoms with Crippen molar-refractivity contribution in [3.63, 3.8) is 0 Å². The first kappa shape index (κ1) is 66.3. The van der Waals surface area contributed by atoms with E-state index in [2.05, 4.69) is 106 Å². The van der Waals surface area contributed by atoms with Crippen LogP contribution in [0.2, 0.25) is 0 Å². The highest BCUT2D eigenvalue weighted by Crippen LogP contribution is 2.13. The topological polar surface area (TPSA) is 78.9 Å². The Balaban J connectivity index is 4.60. The summed E-state index contributed by atoms with van der Waals surface area (Å²) in [6.45, 7) is 6.38. The molecular weight excluding hydrogens is 877 g/mol. The molecule has 0 aliphatic rings. The normalized spacial score (nSPS) is 13.2. The fraction of sp³-hybridized carbons (Fsp3) is 0.585. The van der Waals surface area contributed by atoms with Crippen LogP contribution in [0.1, 0.15) is 226 Å². The van der Waals surface area contributed by atoms with Crippen LogP contribution in [0, 0.1) is 0 Å². The minimum atomic E-state index is -0.824. The van der Waals surface area contributed by atoms with E-state index in [0.29, 0.717) is 12.8 Å². The first-order valence-electron chi connectivity index (χ1n) is 28.5. The summed E-state index contributed by atoms with van der Waals surface area (Å²) < 4.78 is 16.8. The lowest BCUT2D eigenvalue weighted by Gasteiger charge is -2.18. The summed E-state index contributed by atoms with van der Waals surface area (Å²) >= 11 is 0. The van der Waals surface area contributed by atoms with Gasteiger partial charge in [-0.15, -0.1) is 0 Å². The molecule has 0 spiro atoms. The van der Waals surface area contributed by atoms with Crippen LogP contribution in [0.25, 0.3) is 0 Å². The Kier molecular flexibility index (Phi) is 54.0. The molecule has 0 N–H and O–H groups in total. The Labute approximate surface area is 436 Å². The van der Waals surface area contributed by atoms with Crippen molar-refractivity contribution in [2.24, 2.45) is 0 Å². The molecule has 0 aromatic carbocycles. The van der Waals surface area contributed by atoms with Gasteiger partial charge in [0, 0.05) is 19.3 Å². The van der Waals surface area contributed by atoms with Crippen molar-refractivity contribution in [1.29, 1.82) is 0 Å². The zero-order valence-electron chi connectivity index (χ0n) is 45.4. The van der Waals surface area contributed by atoms with Gasteiger partial charge in [0.2, 0.25) is 0 Å². The van der Waals surface area contributed by atoms with Crippen LogP contribution in [0.3, 0.4) is 0 Å². The van der Waals surface area contributed by atoms with Crippen molar-refractivity contribution >= 4 is 17.9 Å². The van der Waals surface area contributed by atoms with Gasteiger partial charge in [0.25, 0.3) is 0 Å². The first-order valence-corrected chi connectivity index (χ1v) is 28.5. The number of hydrogen-bond acceptors (Lipinski definition) is 6. The van der Waals surface area contributed by atoms with Crippen LogP contribution >= 0.6 is 0 Å². The summed E-state index contributed by atoms with van der Waals surface area (Å²) in [5.74, 6) is -1.01. The molecule has 0 saturated heterocycles. The zero-order valence-corrected chi connectivity index (χ0v) is 45.4. The molecule has 1 atom stereocenters. The zero-order chi connectivity index (χ0) is 51.4. The first-order chi connectivity index (χ1) is 35.0. The molecule has 1 unspecified atom stereocenters. The second-order valence-electron chi connectivity index (χ2n) is 18.4. The van der Waals surface area contributed by atoms with E-state index in [1.165, 1.54) is 64.2 Å². The highest BCUT2D eigenvalue weighted by molar-refractivity contribution is 5.71. The smallest absolute Gasteiger partial charge is 0.306 e. The van der Waals surface area contributed by atoms with Crippen molar-refractivity contribution in [1.82, 2.24) is 0 Å². The van der Waals surface area contributed by atoms with Crippen LogP contribution in [0.15, 0.2) is 146 Å². The van der Waals surface area contributed by atoms with Crippen molar-refractivity contribution in [3.05, 3.63) is 146 Å². The van der Waals surface area contributed by atoms with E-state index < -0.39 is 6.10 Å². The van der Waals surface area contributed by atoms with E-state index >= 15 is 0 Å². The average molecular weight is 980 g/mol. The molecule has 6 nitrogen and oxygen atoms in total. The standard InChI is InChI=1S/C65H102O6/c1-4-7-10-13-16-19-22-25-28-31-34-37-40-43-46-49-52-55-58-64(67)70-61-62(60-69-63(66)57-54-51-48-45-42-39-36-33-30-27-24-21-18-15-12-9-6-3)71-65(68)59-56-53-50-47-44-41-38-35-32-29-26-23-20-17-14-11-8-5-2/h9,12,15,18,21-39,42,62H,4-8,10-11,13-14,16-17,19-20,40-41,43-61H2,1-3H3/b12-9-,18-15-,24-21-,25-22-,26-23-,30-27-,31-28-,32-29-,36-33+,37-34-,38-35-,42-39-. The molecule has 0 aromatic heterocycles. The number of carbonyl (C=O) groups excluding carboxylic acids is 3. The van der Waals surface area contributed by atoms with Gasteiger partial charge in [0.15, 0.2) is 6.10 Å². The largest absolute Gasteiger partial charge is 0.462 e. The summed E-state index contributed by atoms with van der Waals surface area (Å²) in [5, 5.41) is 0. The molecule has 6 heteroatoms. The Bertz CT molecular complexity index is 1590. The monoisotopic (exact) mass is 979 g/mol. The number of ether oxygens (including phenoxy) is 3. The van der Waals surface area contributed by atoms with Crippen LogP contribution in [-0.2, 0) is 28.6 Å². The Morgan fingerprint density at radius 1 is 0.296 bits per heavy atom. The average Bonchev–Trinajstić information content (AvgIpc) is 3.37. The van der Waals surface area contributed by atoms with Gasteiger partial charge in [0.05, 0.1) is 0 Å². The van der Waals surface area contributed by atoms with E-state index in [1.54, 1.807) is 0 Å². The fourth-order valence-corrected chi connectivity index (χ4v) is 7.30. The van der Waals surface area contributed by atoms with Gasteiger partial charge in [-0.25, -0.2) is 0 Å². The third-order valence-electron chi connectivity index (χ3n) is 11.6. The van der Waals surface area contributed by atoms with E-state index in [1.807, 2.05) is 60.8 Å². The van der Waals surface area contributed by atoms with Crippen molar-refractivity contribution in [2.75, 3.05) is 13.2 Å². The molecule has 0 bridgehead atoms. The van der Waals surface area contributed by atoms with Gasteiger partial charge in [-0.3, -0.25) is 14.4 Å². The summed E-state index contributed by atoms with van der Waals surface area (Å²) in [6, 6.07) is 0. The predicted octanol–water partition coefficient (Wildman–Crippen LogP) is 19.2. The van der Waals surface area contributed by atoms with E-state index in [0.717, 1.165) is 122 Å². The molecule has 0 rings (SSSR count). The molecule has 0 saturated carbocycles. The van der Waals surface area contributed by atoms with Gasteiger partial charge < -0.3 is 14.2 Å². The number of unbranched alkanes of at least 4 members (excludes halogenated alkanes) is 23. The summed E-state index contributed by atoms with van der Waals surface area (Å²) in [5.41, 5.74) is 0. The molecule has 0 amide bonds. The van der Waals surface area contributed by atoms with Crippen molar-refractivity contribution in [2.45, 2.75) is 232 Å². The van der Waals surface area contributed by atoms with E-state index in [4.69, 9.17) is 14.2 Å². The Morgan fingerprint density at radius 3 is 0.873 bits per heavy atom. The second kappa shape index (κ2) is 57.9. The van der Waals surface area contributed by atoms with Crippen molar-refractivity contribution < 1.29 is 28.6 Å². The van der Waals surface area contributed by atoms with Gasteiger partial charge in [-0.05, 0) is 89.9 Å². The maximum atomic E-state index is 12.9. The summed E-state index contributed by atoms with van der Waals surface area (Å²) in [7, 11) is 0. The number of allylic oxidation sites excluding steroid dienone is 24. The van der Waals surface area contributed by atoms with Crippen LogP contribution < -0.4 is 0 Å². The quantitative estimate of drug-likeness (QED) is 0.0262. The SMILES string of the molecule is CC\C=C/C=C\C=C/C=C\C=C\C=C/CCCCCC(=O)OCC(COC(=O)CCCCCCC\C=C/C=C\C=C/CCCCCCC)OC(=O)CCCCCCC\C=C/C=C\C=C/CCCCCCC. The Morgan fingerprint density at radius 2 is 0.549 bits per heavy atom. The lowest BCUT2D eigenvalue weighted by atomic mass is 10.1. The highest BCUT2D eigenvalue weighted by atomic mass is 16.6. The minimum Gasteiger partial charge on any atom is -0.462 e. The molecule has 0 aliphatic heterocycles. The maximum absolute atomic E-state index is 12.9. The van der Waals surface area contributed by atoms with Crippen LogP contribution in [0.5, 0.6) is 0 Å². The third-order valence-corrected chi connectivity index (χ3v) is 11.6. The molecule has 0 aromatic rings. The second-order valence-corrected chi connectivity index (χ2v) is 18.4. The lowest BCUT2D eigenvalue weighted by Crippen LogP contribution is -2.30. The van der Waals surface area contributed by atoms with Gasteiger partial charge in [0.1, 0.15) is 13.2 Å². The van der Waals surface area contributed by atoms with Gasteiger partial charge >= 0.3 is 17.9 Å². The maximum Gasteiger partial charge on any atom is 0.306 e.